The summed E-state index contributed by atoms with van der Waals surface area (Å²) in [5.74, 6) is 2.11. The second-order valence-corrected chi connectivity index (χ2v) is 4.66. The van der Waals surface area contributed by atoms with E-state index in [4.69, 9.17) is 21.1 Å². The summed E-state index contributed by atoms with van der Waals surface area (Å²) in [5.41, 5.74) is 1.20. The largest absolute Gasteiger partial charge is 0.496 e. The molecule has 94 valence electrons. The fraction of sp³-hybridized carbons (Fsp3) is 0.538. The molecule has 0 unspecified atom stereocenters. The van der Waals surface area contributed by atoms with E-state index in [2.05, 4.69) is 5.32 Å². The second-order valence-electron chi connectivity index (χ2n) is 4.25. The molecule has 0 spiro atoms. The van der Waals surface area contributed by atoms with Gasteiger partial charge < -0.3 is 14.8 Å². The molecule has 0 amide bonds. The molecule has 0 atom stereocenters. The topological polar surface area (TPSA) is 30.5 Å². The van der Waals surface area contributed by atoms with Crippen molar-refractivity contribution in [2.45, 2.75) is 18.8 Å². The Morgan fingerprint density at radius 1 is 1.12 bits per heavy atom. The predicted octanol–water partition coefficient (Wildman–Crippen LogP) is 2.82. The maximum absolute atomic E-state index is 6.10. The zero-order chi connectivity index (χ0) is 12.3. The quantitative estimate of drug-likeness (QED) is 0.901. The average molecular weight is 256 g/mol. The highest BCUT2D eigenvalue weighted by Crippen LogP contribution is 2.39. The number of methoxy groups -OCH3 is 2. The number of benzene rings is 1. The van der Waals surface area contributed by atoms with Crippen molar-refractivity contribution >= 4 is 11.6 Å². The fourth-order valence-corrected chi connectivity index (χ4v) is 2.57. The summed E-state index contributed by atoms with van der Waals surface area (Å²) in [7, 11) is 3.32. The minimum Gasteiger partial charge on any atom is -0.496 e. The van der Waals surface area contributed by atoms with Crippen LogP contribution < -0.4 is 14.8 Å². The van der Waals surface area contributed by atoms with Crippen LogP contribution in [0.15, 0.2) is 12.1 Å². The van der Waals surface area contributed by atoms with Gasteiger partial charge in [0.15, 0.2) is 0 Å². The van der Waals surface area contributed by atoms with E-state index < -0.39 is 0 Å². The van der Waals surface area contributed by atoms with Crippen molar-refractivity contribution in [3.63, 3.8) is 0 Å². The minimum atomic E-state index is 0.525. The van der Waals surface area contributed by atoms with Gasteiger partial charge in [-0.05, 0) is 37.9 Å². The summed E-state index contributed by atoms with van der Waals surface area (Å²) < 4.78 is 10.7. The van der Waals surface area contributed by atoms with E-state index in [9.17, 15) is 0 Å². The van der Waals surface area contributed by atoms with Crippen LogP contribution in [-0.2, 0) is 0 Å². The lowest BCUT2D eigenvalue weighted by Gasteiger charge is -2.25. The van der Waals surface area contributed by atoms with Gasteiger partial charge in [-0.2, -0.15) is 0 Å². The predicted molar refractivity (Wildman–Crippen MR) is 69.4 cm³/mol. The van der Waals surface area contributed by atoms with Gasteiger partial charge in [0, 0.05) is 11.6 Å². The van der Waals surface area contributed by atoms with Crippen molar-refractivity contribution in [3.05, 3.63) is 22.7 Å². The summed E-state index contributed by atoms with van der Waals surface area (Å²) >= 11 is 6.10. The first-order valence-corrected chi connectivity index (χ1v) is 6.26. The number of piperidine rings is 1. The van der Waals surface area contributed by atoms with Crippen molar-refractivity contribution in [2.75, 3.05) is 27.3 Å². The zero-order valence-electron chi connectivity index (χ0n) is 10.3. The van der Waals surface area contributed by atoms with Gasteiger partial charge >= 0.3 is 0 Å². The molecular weight excluding hydrogens is 238 g/mol. The van der Waals surface area contributed by atoms with Gasteiger partial charge in [0.1, 0.15) is 11.5 Å². The molecule has 0 saturated carbocycles. The second kappa shape index (κ2) is 5.61. The van der Waals surface area contributed by atoms with Gasteiger partial charge in [0.05, 0.1) is 19.2 Å². The lowest BCUT2D eigenvalue weighted by Crippen LogP contribution is -2.26. The molecule has 0 aromatic heterocycles. The van der Waals surface area contributed by atoms with E-state index in [0.717, 1.165) is 37.4 Å². The third kappa shape index (κ3) is 2.67. The lowest BCUT2D eigenvalue weighted by molar-refractivity contribution is 0.383. The highest BCUT2D eigenvalue weighted by atomic mass is 35.5. The molecule has 1 fully saturated rings. The van der Waals surface area contributed by atoms with E-state index in [1.165, 1.54) is 5.56 Å². The maximum Gasteiger partial charge on any atom is 0.138 e. The van der Waals surface area contributed by atoms with Crippen LogP contribution in [0.5, 0.6) is 11.5 Å². The van der Waals surface area contributed by atoms with Gasteiger partial charge in [-0.25, -0.2) is 0 Å². The van der Waals surface area contributed by atoms with Gasteiger partial charge in [0.2, 0.25) is 0 Å². The van der Waals surface area contributed by atoms with Crippen LogP contribution in [0.3, 0.4) is 0 Å². The Hall–Kier alpha value is -0.930. The number of halogens is 1. The molecule has 1 aliphatic rings. The molecule has 1 aliphatic heterocycles. The Morgan fingerprint density at radius 2 is 1.76 bits per heavy atom. The third-order valence-electron chi connectivity index (χ3n) is 3.28. The standard InChI is InChI=1S/C13H18ClNO2/c1-16-12-8-11(14)13(17-2)7-10(12)9-3-5-15-6-4-9/h7-9,15H,3-6H2,1-2H3. The monoisotopic (exact) mass is 255 g/mol. The van der Waals surface area contributed by atoms with Crippen molar-refractivity contribution in [2.24, 2.45) is 0 Å². The van der Waals surface area contributed by atoms with Crippen LogP contribution in [0, 0.1) is 0 Å². The first-order valence-electron chi connectivity index (χ1n) is 5.88. The number of nitrogens with one attached hydrogen (secondary N) is 1. The Kier molecular flexibility index (Phi) is 4.13. The van der Waals surface area contributed by atoms with Gasteiger partial charge in [-0.3, -0.25) is 0 Å². The van der Waals surface area contributed by atoms with Crippen molar-refractivity contribution in [3.8, 4) is 11.5 Å². The van der Waals surface area contributed by atoms with Crippen LogP contribution in [0.1, 0.15) is 24.3 Å². The molecule has 0 aliphatic carbocycles. The normalized spacial score (nSPS) is 16.9. The highest BCUT2D eigenvalue weighted by Gasteiger charge is 2.20. The number of ether oxygens (including phenoxy) is 2. The SMILES string of the molecule is COc1cc(C2CCNCC2)c(OC)cc1Cl. The molecule has 4 heteroatoms. The smallest absolute Gasteiger partial charge is 0.138 e. The lowest BCUT2D eigenvalue weighted by atomic mass is 9.89. The number of hydrogen-bond acceptors (Lipinski definition) is 3. The minimum absolute atomic E-state index is 0.525. The van der Waals surface area contributed by atoms with Gasteiger partial charge in [-0.1, -0.05) is 11.6 Å². The van der Waals surface area contributed by atoms with Crippen molar-refractivity contribution < 1.29 is 9.47 Å². The first-order chi connectivity index (χ1) is 8.26. The van der Waals surface area contributed by atoms with Gasteiger partial charge in [-0.15, -0.1) is 0 Å². The average Bonchev–Trinajstić information content (AvgIpc) is 2.39. The van der Waals surface area contributed by atoms with Gasteiger partial charge in [0.25, 0.3) is 0 Å². The summed E-state index contributed by atoms with van der Waals surface area (Å²) in [5, 5.41) is 3.96. The summed E-state index contributed by atoms with van der Waals surface area (Å²) in [6.07, 6.45) is 2.25. The van der Waals surface area contributed by atoms with Crippen molar-refractivity contribution in [1.29, 1.82) is 0 Å². The molecule has 0 bridgehead atoms. The number of hydrogen-bond donors (Lipinski definition) is 1. The van der Waals surface area contributed by atoms with Crippen LogP contribution in [-0.4, -0.2) is 27.3 Å². The molecular formula is C13H18ClNO2. The molecule has 1 saturated heterocycles. The molecule has 2 rings (SSSR count). The summed E-state index contributed by atoms with van der Waals surface area (Å²) in [4.78, 5) is 0. The van der Waals surface area contributed by atoms with Crippen LogP contribution in [0.4, 0.5) is 0 Å². The van der Waals surface area contributed by atoms with Crippen molar-refractivity contribution in [1.82, 2.24) is 5.32 Å². The first kappa shape index (κ1) is 12.5. The molecule has 3 nitrogen and oxygen atoms in total. The Morgan fingerprint density at radius 3 is 2.35 bits per heavy atom. The summed E-state index contributed by atoms with van der Waals surface area (Å²) in [6, 6.07) is 3.86. The fourth-order valence-electron chi connectivity index (χ4n) is 2.34. The van der Waals surface area contributed by atoms with Crippen LogP contribution in [0.25, 0.3) is 0 Å². The van der Waals surface area contributed by atoms with Crippen LogP contribution in [0.2, 0.25) is 5.02 Å². The van der Waals surface area contributed by atoms with Crippen LogP contribution >= 0.6 is 11.6 Å². The zero-order valence-corrected chi connectivity index (χ0v) is 11.0. The van der Waals surface area contributed by atoms with E-state index in [1.807, 2.05) is 12.1 Å². The molecule has 1 aromatic carbocycles. The van der Waals surface area contributed by atoms with E-state index in [-0.39, 0.29) is 0 Å². The Balaban J connectivity index is 2.35. The molecule has 17 heavy (non-hydrogen) atoms. The molecule has 1 aromatic rings. The Labute approximate surface area is 107 Å². The third-order valence-corrected chi connectivity index (χ3v) is 3.58. The highest BCUT2D eigenvalue weighted by molar-refractivity contribution is 6.32. The van der Waals surface area contributed by atoms with E-state index >= 15 is 0 Å². The maximum atomic E-state index is 6.10. The molecule has 1 N–H and O–H groups in total. The molecule has 0 radical (unpaired) electrons. The summed E-state index contributed by atoms with van der Waals surface area (Å²) in [6.45, 7) is 2.11. The van der Waals surface area contributed by atoms with E-state index in [1.54, 1.807) is 14.2 Å². The van der Waals surface area contributed by atoms with E-state index in [0.29, 0.717) is 10.9 Å². The Bertz CT molecular complexity index is 389. The molecule has 1 heterocycles. The number of rotatable bonds is 3.